The van der Waals surface area contributed by atoms with Crippen molar-refractivity contribution in [3.63, 3.8) is 0 Å². The standard InChI is InChI=1S/C9H10ClF3N2/c10-7-4-6(11)2-1-5(7)3-8(15-14)9(12)13/h1-2,4,8-9,15H,3,14H2. The maximum atomic E-state index is 12.7. The largest absolute Gasteiger partial charge is 0.271 e. The van der Waals surface area contributed by atoms with Gasteiger partial charge in [0.15, 0.2) is 0 Å². The molecule has 1 aromatic carbocycles. The van der Waals surface area contributed by atoms with Gasteiger partial charge in [0.2, 0.25) is 0 Å². The van der Waals surface area contributed by atoms with E-state index in [9.17, 15) is 13.2 Å². The SMILES string of the molecule is NNC(Cc1ccc(F)cc1Cl)C(F)F. The fourth-order valence-corrected chi connectivity index (χ4v) is 1.39. The van der Waals surface area contributed by atoms with Crippen LogP contribution in [0, 0.1) is 5.82 Å². The normalized spacial score (nSPS) is 13.2. The Morgan fingerprint density at radius 1 is 1.40 bits per heavy atom. The number of halogens is 4. The molecule has 15 heavy (non-hydrogen) atoms. The quantitative estimate of drug-likeness (QED) is 0.623. The highest BCUT2D eigenvalue weighted by atomic mass is 35.5. The molecule has 1 rings (SSSR count). The molecule has 0 aliphatic rings. The minimum atomic E-state index is -2.60. The average Bonchev–Trinajstić information content (AvgIpc) is 2.16. The van der Waals surface area contributed by atoms with Gasteiger partial charge in [0, 0.05) is 5.02 Å². The number of hydrazine groups is 1. The Hall–Kier alpha value is -0.780. The molecule has 1 aromatic rings. The van der Waals surface area contributed by atoms with Crippen LogP contribution in [0.4, 0.5) is 13.2 Å². The van der Waals surface area contributed by atoms with E-state index in [0.29, 0.717) is 5.56 Å². The molecule has 0 radical (unpaired) electrons. The van der Waals surface area contributed by atoms with Crippen LogP contribution in [-0.4, -0.2) is 12.5 Å². The van der Waals surface area contributed by atoms with E-state index < -0.39 is 18.3 Å². The minimum Gasteiger partial charge on any atom is -0.271 e. The van der Waals surface area contributed by atoms with Crippen LogP contribution in [0.1, 0.15) is 5.56 Å². The van der Waals surface area contributed by atoms with Crippen LogP contribution in [0.2, 0.25) is 5.02 Å². The molecule has 1 atom stereocenters. The molecule has 0 heterocycles. The highest BCUT2D eigenvalue weighted by Gasteiger charge is 2.20. The number of nitrogens with one attached hydrogen (secondary N) is 1. The van der Waals surface area contributed by atoms with Gasteiger partial charge < -0.3 is 0 Å². The summed E-state index contributed by atoms with van der Waals surface area (Å²) in [7, 11) is 0. The van der Waals surface area contributed by atoms with Gasteiger partial charge in [-0.15, -0.1) is 0 Å². The van der Waals surface area contributed by atoms with E-state index in [1.54, 1.807) is 0 Å². The lowest BCUT2D eigenvalue weighted by molar-refractivity contribution is 0.0984. The summed E-state index contributed by atoms with van der Waals surface area (Å²) < 4.78 is 37.3. The third-order valence-corrected chi connectivity index (χ3v) is 2.33. The van der Waals surface area contributed by atoms with E-state index in [0.717, 1.165) is 6.07 Å². The van der Waals surface area contributed by atoms with Crippen molar-refractivity contribution in [3.05, 3.63) is 34.6 Å². The van der Waals surface area contributed by atoms with Crippen molar-refractivity contribution in [2.24, 2.45) is 5.84 Å². The summed E-state index contributed by atoms with van der Waals surface area (Å²) in [6.45, 7) is 0. The first kappa shape index (κ1) is 12.3. The van der Waals surface area contributed by atoms with Crippen LogP contribution in [-0.2, 0) is 6.42 Å². The molecular formula is C9H10ClF3N2. The molecule has 0 saturated heterocycles. The molecule has 0 aliphatic heterocycles. The van der Waals surface area contributed by atoms with E-state index in [-0.39, 0.29) is 11.4 Å². The van der Waals surface area contributed by atoms with Crippen molar-refractivity contribution >= 4 is 11.6 Å². The molecule has 0 bridgehead atoms. The van der Waals surface area contributed by atoms with E-state index in [2.05, 4.69) is 0 Å². The highest BCUT2D eigenvalue weighted by molar-refractivity contribution is 6.31. The fraction of sp³-hybridized carbons (Fsp3) is 0.333. The Labute approximate surface area is 90.2 Å². The average molecular weight is 239 g/mol. The zero-order chi connectivity index (χ0) is 11.4. The van der Waals surface area contributed by atoms with E-state index in [1.165, 1.54) is 12.1 Å². The summed E-state index contributed by atoms with van der Waals surface area (Å²) in [6.07, 6.45) is -2.65. The van der Waals surface area contributed by atoms with Crippen molar-refractivity contribution in [3.8, 4) is 0 Å². The van der Waals surface area contributed by atoms with Crippen LogP contribution in [0.25, 0.3) is 0 Å². The smallest absolute Gasteiger partial charge is 0.255 e. The number of benzene rings is 1. The molecule has 0 saturated carbocycles. The first-order chi connectivity index (χ1) is 7.04. The summed E-state index contributed by atoms with van der Waals surface area (Å²) >= 11 is 5.68. The van der Waals surface area contributed by atoms with Gasteiger partial charge in [0.1, 0.15) is 5.82 Å². The summed E-state index contributed by atoms with van der Waals surface area (Å²) in [4.78, 5) is 0. The fourth-order valence-electron chi connectivity index (χ4n) is 1.14. The molecule has 2 nitrogen and oxygen atoms in total. The minimum absolute atomic E-state index is 0.0483. The van der Waals surface area contributed by atoms with Crippen molar-refractivity contribution < 1.29 is 13.2 Å². The lowest BCUT2D eigenvalue weighted by Crippen LogP contribution is -2.42. The van der Waals surface area contributed by atoms with Crippen molar-refractivity contribution in [2.75, 3.05) is 0 Å². The predicted octanol–water partition coefficient (Wildman–Crippen LogP) is 2.12. The maximum Gasteiger partial charge on any atom is 0.255 e. The molecule has 6 heteroatoms. The predicted molar refractivity (Wildman–Crippen MR) is 52.2 cm³/mol. The Morgan fingerprint density at radius 2 is 2.07 bits per heavy atom. The van der Waals surface area contributed by atoms with Crippen molar-refractivity contribution in [1.29, 1.82) is 0 Å². The summed E-state index contributed by atoms with van der Waals surface area (Å²) in [6, 6.07) is 2.42. The van der Waals surface area contributed by atoms with Crippen LogP contribution in [0.5, 0.6) is 0 Å². The van der Waals surface area contributed by atoms with Gasteiger partial charge in [-0.25, -0.2) is 13.2 Å². The summed E-state index contributed by atoms with van der Waals surface area (Å²) in [5.41, 5.74) is 2.42. The Bertz CT molecular complexity index is 333. The Balaban J connectivity index is 2.79. The van der Waals surface area contributed by atoms with E-state index >= 15 is 0 Å². The molecule has 0 amide bonds. The van der Waals surface area contributed by atoms with E-state index in [4.69, 9.17) is 17.4 Å². The summed E-state index contributed by atoms with van der Waals surface area (Å²) in [5.74, 6) is 4.45. The monoisotopic (exact) mass is 238 g/mol. The second kappa shape index (κ2) is 5.34. The first-order valence-electron chi connectivity index (χ1n) is 4.22. The van der Waals surface area contributed by atoms with Crippen LogP contribution < -0.4 is 11.3 Å². The van der Waals surface area contributed by atoms with Gasteiger partial charge in [0.05, 0.1) is 6.04 Å². The molecular weight excluding hydrogens is 229 g/mol. The number of alkyl halides is 2. The number of nitrogens with two attached hydrogens (primary N) is 1. The van der Waals surface area contributed by atoms with Crippen LogP contribution >= 0.6 is 11.6 Å². The topological polar surface area (TPSA) is 38.0 Å². The molecule has 84 valence electrons. The van der Waals surface area contributed by atoms with Gasteiger partial charge in [0.25, 0.3) is 6.43 Å². The molecule has 0 aromatic heterocycles. The number of hydrogen-bond donors (Lipinski definition) is 2. The second-order valence-corrected chi connectivity index (χ2v) is 3.45. The van der Waals surface area contributed by atoms with Crippen molar-refractivity contribution in [1.82, 2.24) is 5.43 Å². The molecule has 1 unspecified atom stereocenters. The summed E-state index contributed by atoms with van der Waals surface area (Å²) in [5, 5.41) is 0.121. The maximum absolute atomic E-state index is 12.7. The van der Waals surface area contributed by atoms with Gasteiger partial charge in [-0.05, 0) is 24.1 Å². The molecule has 3 N–H and O–H groups in total. The van der Waals surface area contributed by atoms with Gasteiger partial charge >= 0.3 is 0 Å². The first-order valence-corrected chi connectivity index (χ1v) is 4.60. The van der Waals surface area contributed by atoms with Gasteiger partial charge in [-0.2, -0.15) is 0 Å². The lowest BCUT2D eigenvalue weighted by Gasteiger charge is -2.15. The zero-order valence-corrected chi connectivity index (χ0v) is 8.44. The van der Waals surface area contributed by atoms with E-state index in [1.807, 2.05) is 5.43 Å². The molecule has 0 spiro atoms. The highest BCUT2D eigenvalue weighted by Crippen LogP contribution is 2.20. The van der Waals surface area contributed by atoms with Crippen LogP contribution in [0.3, 0.4) is 0 Å². The Morgan fingerprint density at radius 3 is 2.53 bits per heavy atom. The van der Waals surface area contributed by atoms with Gasteiger partial charge in [-0.1, -0.05) is 17.7 Å². The zero-order valence-electron chi connectivity index (χ0n) is 7.68. The van der Waals surface area contributed by atoms with Crippen LogP contribution in [0.15, 0.2) is 18.2 Å². The third-order valence-electron chi connectivity index (χ3n) is 1.97. The Kier molecular flexibility index (Phi) is 4.38. The van der Waals surface area contributed by atoms with Gasteiger partial charge in [-0.3, -0.25) is 11.3 Å². The second-order valence-electron chi connectivity index (χ2n) is 3.05. The number of hydrogen-bond acceptors (Lipinski definition) is 2. The third kappa shape index (κ3) is 3.37. The molecule has 0 fully saturated rings. The number of rotatable bonds is 4. The lowest BCUT2D eigenvalue weighted by atomic mass is 10.1. The van der Waals surface area contributed by atoms with Crippen molar-refractivity contribution in [2.45, 2.75) is 18.9 Å². The molecule has 0 aliphatic carbocycles.